The Morgan fingerprint density at radius 1 is 1.17 bits per heavy atom. The molecule has 0 spiro atoms. The molecule has 2 aromatic heterocycles. The van der Waals surface area contributed by atoms with Crippen LogP contribution >= 0.6 is 0 Å². The first-order valence-corrected chi connectivity index (χ1v) is 7.58. The van der Waals surface area contributed by atoms with Crippen LogP contribution in [0.3, 0.4) is 0 Å². The molecule has 8 heteroatoms. The van der Waals surface area contributed by atoms with E-state index in [0.717, 1.165) is 16.7 Å². The number of rotatable bonds is 6. The van der Waals surface area contributed by atoms with Crippen LogP contribution in [0.25, 0.3) is 10.9 Å². The van der Waals surface area contributed by atoms with Crippen molar-refractivity contribution in [1.82, 2.24) is 14.8 Å². The van der Waals surface area contributed by atoms with E-state index in [1.807, 2.05) is 36.4 Å². The van der Waals surface area contributed by atoms with E-state index >= 15 is 0 Å². The first-order chi connectivity index (χ1) is 11.6. The van der Waals surface area contributed by atoms with Crippen LogP contribution in [0, 0.1) is 17.0 Å². The molecule has 2 heterocycles. The van der Waals surface area contributed by atoms with Crippen LogP contribution in [0.1, 0.15) is 5.69 Å². The van der Waals surface area contributed by atoms with Gasteiger partial charge in [-0.3, -0.25) is 10.1 Å². The van der Waals surface area contributed by atoms with Crippen molar-refractivity contribution in [3.8, 4) is 0 Å². The largest absolute Gasteiger partial charge is 0.368 e. The van der Waals surface area contributed by atoms with Crippen LogP contribution in [0.15, 0.2) is 36.4 Å². The maximum Gasteiger partial charge on any atom is 0.333 e. The van der Waals surface area contributed by atoms with E-state index in [1.54, 1.807) is 14.0 Å². The topological polar surface area (TPSA) is 97.9 Å². The number of nitrogens with zero attached hydrogens (tertiary/aromatic N) is 4. The van der Waals surface area contributed by atoms with Crippen LogP contribution in [-0.2, 0) is 7.05 Å². The van der Waals surface area contributed by atoms with Crippen molar-refractivity contribution in [2.45, 2.75) is 6.92 Å². The number of anilines is 2. The molecule has 124 valence electrons. The molecule has 0 unspecified atom stereocenters. The molecule has 3 aromatic rings. The van der Waals surface area contributed by atoms with Gasteiger partial charge in [-0.25, -0.2) is 9.67 Å². The number of benzene rings is 1. The van der Waals surface area contributed by atoms with Crippen molar-refractivity contribution >= 4 is 28.2 Å². The molecule has 24 heavy (non-hydrogen) atoms. The summed E-state index contributed by atoms with van der Waals surface area (Å²) in [5.74, 6) is 1.18. The highest BCUT2D eigenvalue weighted by molar-refractivity contribution is 5.80. The molecule has 2 N–H and O–H groups in total. The summed E-state index contributed by atoms with van der Waals surface area (Å²) in [6.07, 6.45) is 0. The lowest BCUT2D eigenvalue weighted by atomic mass is 10.2. The van der Waals surface area contributed by atoms with E-state index in [0.29, 0.717) is 24.6 Å². The van der Waals surface area contributed by atoms with Crippen LogP contribution in [0.2, 0.25) is 0 Å². The zero-order valence-electron chi connectivity index (χ0n) is 13.5. The van der Waals surface area contributed by atoms with E-state index in [1.165, 1.54) is 4.68 Å². The Balaban J connectivity index is 1.62. The molecule has 0 aliphatic rings. The third kappa shape index (κ3) is 3.12. The molecule has 0 radical (unpaired) electrons. The van der Waals surface area contributed by atoms with Gasteiger partial charge in [-0.1, -0.05) is 18.2 Å². The molecule has 8 nitrogen and oxygen atoms in total. The van der Waals surface area contributed by atoms with E-state index in [4.69, 9.17) is 0 Å². The predicted octanol–water partition coefficient (Wildman–Crippen LogP) is 2.71. The van der Waals surface area contributed by atoms with E-state index < -0.39 is 4.92 Å². The smallest absolute Gasteiger partial charge is 0.333 e. The van der Waals surface area contributed by atoms with Gasteiger partial charge in [0.2, 0.25) is 5.82 Å². The summed E-state index contributed by atoms with van der Waals surface area (Å²) in [6, 6.07) is 11.8. The molecule has 0 fully saturated rings. The summed E-state index contributed by atoms with van der Waals surface area (Å²) in [6.45, 7) is 2.71. The van der Waals surface area contributed by atoms with Gasteiger partial charge in [-0.2, -0.15) is 5.10 Å². The van der Waals surface area contributed by atoms with Gasteiger partial charge in [0.1, 0.15) is 11.5 Å². The minimum absolute atomic E-state index is 0.0151. The third-order valence-electron chi connectivity index (χ3n) is 3.70. The van der Waals surface area contributed by atoms with E-state index in [2.05, 4.69) is 20.7 Å². The quantitative estimate of drug-likeness (QED) is 0.410. The Kier molecular flexibility index (Phi) is 4.28. The second kappa shape index (κ2) is 6.53. The Bertz CT molecular complexity index is 889. The van der Waals surface area contributed by atoms with Crippen LogP contribution in [0.5, 0.6) is 0 Å². The Morgan fingerprint density at radius 3 is 2.71 bits per heavy atom. The highest BCUT2D eigenvalue weighted by atomic mass is 16.6. The minimum Gasteiger partial charge on any atom is -0.368 e. The van der Waals surface area contributed by atoms with Gasteiger partial charge in [0.05, 0.1) is 10.4 Å². The van der Waals surface area contributed by atoms with Crippen LogP contribution in [-0.4, -0.2) is 32.8 Å². The van der Waals surface area contributed by atoms with Crippen molar-refractivity contribution in [2.75, 3.05) is 23.7 Å². The van der Waals surface area contributed by atoms with Crippen molar-refractivity contribution in [2.24, 2.45) is 7.05 Å². The van der Waals surface area contributed by atoms with Gasteiger partial charge in [-0.05, 0) is 25.1 Å². The molecule has 0 amide bonds. The maximum absolute atomic E-state index is 11.1. The maximum atomic E-state index is 11.1. The summed E-state index contributed by atoms with van der Waals surface area (Å²) in [5.41, 5.74) is 1.34. The normalized spacial score (nSPS) is 10.8. The Hall–Kier alpha value is -3.16. The Labute approximate surface area is 138 Å². The highest BCUT2D eigenvalue weighted by Crippen LogP contribution is 2.26. The van der Waals surface area contributed by atoms with Crippen LogP contribution in [0.4, 0.5) is 17.3 Å². The van der Waals surface area contributed by atoms with Gasteiger partial charge in [0, 0.05) is 25.5 Å². The van der Waals surface area contributed by atoms with Gasteiger partial charge in [-0.15, -0.1) is 0 Å². The third-order valence-corrected chi connectivity index (χ3v) is 3.70. The van der Waals surface area contributed by atoms with Crippen LogP contribution < -0.4 is 10.6 Å². The summed E-state index contributed by atoms with van der Waals surface area (Å²) < 4.78 is 1.49. The minimum atomic E-state index is -0.414. The predicted molar refractivity (Wildman–Crippen MR) is 93.3 cm³/mol. The number of para-hydroxylation sites is 1. The second-order valence-electron chi connectivity index (χ2n) is 5.41. The number of aryl methyl sites for hydroxylation is 2. The number of pyridine rings is 1. The molecule has 0 atom stereocenters. The fraction of sp³-hybridized carbons (Fsp3) is 0.250. The van der Waals surface area contributed by atoms with Gasteiger partial charge >= 0.3 is 5.69 Å². The van der Waals surface area contributed by atoms with E-state index in [9.17, 15) is 10.1 Å². The average Bonchev–Trinajstić information content (AvgIpc) is 2.85. The summed E-state index contributed by atoms with van der Waals surface area (Å²) >= 11 is 0. The highest BCUT2D eigenvalue weighted by Gasteiger charge is 2.23. The second-order valence-corrected chi connectivity index (χ2v) is 5.41. The molecule has 1 aromatic carbocycles. The molecule has 0 saturated carbocycles. The van der Waals surface area contributed by atoms with Crippen molar-refractivity contribution in [3.05, 3.63) is 52.2 Å². The lowest BCUT2D eigenvalue weighted by Gasteiger charge is -2.09. The molecule has 0 aliphatic carbocycles. The molecular weight excluding hydrogens is 308 g/mol. The summed E-state index contributed by atoms with van der Waals surface area (Å²) in [7, 11) is 1.68. The number of fused-ring (bicyclic) bond motifs is 1. The van der Waals surface area contributed by atoms with Gasteiger partial charge < -0.3 is 10.6 Å². The molecule has 0 saturated heterocycles. The zero-order chi connectivity index (χ0) is 17.1. The summed E-state index contributed by atoms with van der Waals surface area (Å²) in [5, 5.41) is 22.6. The summed E-state index contributed by atoms with van der Waals surface area (Å²) in [4.78, 5) is 15.2. The average molecular weight is 326 g/mol. The Morgan fingerprint density at radius 2 is 1.92 bits per heavy atom. The molecule has 3 rings (SSSR count). The number of hydrogen-bond donors (Lipinski definition) is 2. The molecule has 0 bridgehead atoms. The lowest BCUT2D eigenvalue weighted by molar-refractivity contribution is -0.384. The first-order valence-electron chi connectivity index (χ1n) is 7.58. The number of nitro groups is 1. The number of aromatic nitrogens is 3. The number of hydrogen-bond acceptors (Lipinski definition) is 6. The van der Waals surface area contributed by atoms with Crippen molar-refractivity contribution in [1.29, 1.82) is 0 Å². The fourth-order valence-corrected chi connectivity index (χ4v) is 2.60. The zero-order valence-corrected chi connectivity index (χ0v) is 13.5. The molecular formula is C16H18N6O2. The fourth-order valence-electron chi connectivity index (χ4n) is 2.60. The van der Waals surface area contributed by atoms with Crippen molar-refractivity contribution in [3.63, 3.8) is 0 Å². The standard InChI is InChI=1S/C16H18N6O2/c1-11-15(22(23)24)16(21(2)20-11)18-10-9-17-14-8-7-12-5-3-4-6-13(12)19-14/h3-8,18H,9-10H2,1-2H3,(H,17,19). The first kappa shape index (κ1) is 15.7. The lowest BCUT2D eigenvalue weighted by Crippen LogP contribution is -2.16. The van der Waals surface area contributed by atoms with Gasteiger partial charge in [0.25, 0.3) is 0 Å². The van der Waals surface area contributed by atoms with E-state index in [-0.39, 0.29) is 5.69 Å². The monoisotopic (exact) mass is 326 g/mol. The molecule has 0 aliphatic heterocycles. The SMILES string of the molecule is Cc1nn(C)c(NCCNc2ccc3ccccc3n2)c1[N+](=O)[O-]. The van der Waals surface area contributed by atoms with Crippen molar-refractivity contribution < 1.29 is 4.92 Å². The number of nitrogens with one attached hydrogen (secondary N) is 2. The van der Waals surface area contributed by atoms with Gasteiger partial charge in [0.15, 0.2) is 0 Å².